The second kappa shape index (κ2) is 4.72. The average Bonchev–Trinajstić information content (AvgIpc) is 2.63. The van der Waals surface area contributed by atoms with Crippen molar-refractivity contribution in [2.75, 3.05) is 0 Å². The molecule has 2 amide bonds. The third-order valence-electron chi connectivity index (χ3n) is 3.57. The highest BCUT2D eigenvalue weighted by Gasteiger charge is 2.31. The summed E-state index contributed by atoms with van der Waals surface area (Å²) >= 11 is 2.18. The molecular formula is C13H12IN3O3. The number of hydrogen-bond acceptors (Lipinski definition) is 3. The molecule has 1 unspecified atom stereocenters. The normalized spacial score (nSPS) is 19.4. The molecule has 0 aliphatic carbocycles. The van der Waals surface area contributed by atoms with E-state index in [4.69, 9.17) is 0 Å². The zero-order chi connectivity index (χ0) is 14.4. The molecule has 1 N–H and O–H groups in total. The Labute approximate surface area is 127 Å². The van der Waals surface area contributed by atoms with Crippen molar-refractivity contribution in [2.24, 2.45) is 7.05 Å². The monoisotopic (exact) mass is 385 g/mol. The molecule has 0 bridgehead atoms. The summed E-state index contributed by atoms with van der Waals surface area (Å²) in [5, 5.41) is 2.29. The van der Waals surface area contributed by atoms with Crippen LogP contribution in [-0.2, 0) is 16.6 Å². The number of amides is 2. The fourth-order valence-electron chi connectivity index (χ4n) is 2.57. The SMILES string of the molecule is Cn1c(=O)n(C2CCC(=O)NC2=O)c2ccc(I)cc21. The minimum absolute atomic E-state index is 0.239. The van der Waals surface area contributed by atoms with Gasteiger partial charge in [-0.05, 0) is 47.2 Å². The Morgan fingerprint density at radius 3 is 2.70 bits per heavy atom. The zero-order valence-corrected chi connectivity index (χ0v) is 12.9. The van der Waals surface area contributed by atoms with E-state index in [0.29, 0.717) is 11.9 Å². The van der Waals surface area contributed by atoms with Crippen LogP contribution in [0.2, 0.25) is 0 Å². The molecule has 0 radical (unpaired) electrons. The summed E-state index contributed by atoms with van der Waals surface area (Å²) in [5.41, 5.74) is 1.26. The molecule has 1 atom stereocenters. The third kappa shape index (κ3) is 1.96. The molecular weight excluding hydrogens is 373 g/mol. The molecule has 1 aliphatic rings. The van der Waals surface area contributed by atoms with Crippen molar-refractivity contribution >= 4 is 45.4 Å². The molecule has 0 spiro atoms. The summed E-state index contributed by atoms with van der Waals surface area (Å²) in [6.07, 6.45) is 0.610. The molecule has 1 fully saturated rings. The predicted octanol–water partition coefficient (Wildman–Crippen LogP) is 0.922. The molecule has 104 valence electrons. The van der Waals surface area contributed by atoms with Gasteiger partial charge in [0, 0.05) is 17.0 Å². The minimum Gasteiger partial charge on any atom is -0.295 e. The van der Waals surface area contributed by atoms with E-state index in [2.05, 4.69) is 27.9 Å². The van der Waals surface area contributed by atoms with E-state index in [-0.39, 0.29) is 18.0 Å². The van der Waals surface area contributed by atoms with Gasteiger partial charge in [0.25, 0.3) is 0 Å². The number of rotatable bonds is 1. The lowest BCUT2D eigenvalue weighted by Gasteiger charge is -2.21. The first-order valence-electron chi connectivity index (χ1n) is 6.19. The quantitative estimate of drug-likeness (QED) is 0.586. The number of hydrogen-bond donors (Lipinski definition) is 1. The third-order valence-corrected chi connectivity index (χ3v) is 4.24. The molecule has 6 nitrogen and oxygen atoms in total. The lowest BCUT2D eigenvalue weighted by molar-refractivity contribution is -0.135. The van der Waals surface area contributed by atoms with Crippen molar-refractivity contribution < 1.29 is 9.59 Å². The molecule has 20 heavy (non-hydrogen) atoms. The summed E-state index contributed by atoms with van der Waals surface area (Å²) in [7, 11) is 1.68. The van der Waals surface area contributed by atoms with Gasteiger partial charge < -0.3 is 0 Å². The number of carbonyl (C=O) groups is 2. The number of imide groups is 1. The smallest absolute Gasteiger partial charge is 0.295 e. The first-order chi connectivity index (χ1) is 9.49. The molecule has 1 aromatic carbocycles. The second-order valence-corrected chi connectivity index (χ2v) is 6.06. The van der Waals surface area contributed by atoms with Gasteiger partial charge in [0.15, 0.2) is 0 Å². The molecule has 7 heteroatoms. The maximum atomic E-state index is 12.4. The van der Waals surface area contributed by atoms with Crippen LogP contribution in [0.4, 0.5) is 0 Å². The fourth-order valence-corrected chi connectivity index (χ4v) is 3.04. The van der Waals surface area contributed by atoms with Crippen LogP contribution in [0.25, 0.3) is 11.0 Å². The van der Waals surface area contributed by atoms with Crippen LogP contribution < -0.4 is 11.0 Å². The summed E-state index contributed by atoms with van der Waals surface area (Å²) in [4.78, 5) is 35.6. The van der Waals surface area contributed by atoms with Crippen LogP contribution in [0.1, 0.15) is 18.9 Å². The second-order valence-electron chi connectivity index (χ2n) is 4.81. The van der Waals surface area contributed by atoms with Crippen LogP contribution in [0.3, 0.4) is 0 Å². The Hall–Kier alpha value is -1.64. The highest BCUT2D eigenvalue weighted by molar-refractivity contribution is 14.1. The van der Waals surface area contributed by atoms with E-state index in [0.717, 1.165) is 9.09 Å². The van der Waals surface area contributed by atoms with Gasteiger partial charge >= 0.3 is 5.69 Å². The van der Waals surface area contributed by atoms with E-state index in [1.807, 2.05) is 18.2 Å². The number of piperidine rings is 1. The van der Waals surface area contributed by atoms with Crippen LogP contribution in [-0.4, -0.2) is 20.9 Å². The number of aryl methyl sites for hydroxylation is 1. The Morgan fingerprint density at radius 2 is 2.00 bits per heavy atom. The highest BCUT2D eigenvalue weighted by atomic mass is 127. The molecule has 1 saturated heterocycles. The molecule has 2 heterocycles. The molecule has 0 saturated carbocycles. The first-order valence-corrected chi connectivity index (χ1v) is 7.27. The van der Waals surface area contributed by atoms with Gasteiger partial charge in [0.05, 0.1) is 11.0 Å². The van der Waals surface area contributed by atoms with Gasteiger partial charge in [0.2, 0.25) is 11.8 Å². The summed E-state index contributed by atoms with van der Waals surface area (Å²) in [6, 6.07) is 5.01. The number of carbonyl (C=O) groups excluding carboxylic acids is 2. The molecule has 1 aliphatic heterocycles. The van der Waals surface area contributed by atoms with E-state index >= 15 is 0 Å². The van der Waals surface area contributed by atoms with Gasteiger partial charge in [-0.25, -0.2) is 4.79 Å². The van der Waals surface area contributed by atoms with Gasteiger partial charge in [-0.1, -0.05) is 0 Å². The van der Waals surface area contributed by atoms with Crippen LogP contribution in [0.5, 0.6) is 0 Å². The number of aromatic nitrogens is 2. The maximum Gasteiger partial charge on any atom is 0.329 e. The summed E-state index contributed by atoms with van der Waals surface area (Å²) in [5.74, 6) is -0.691. The topological polar surface area (TPSA) is 73.1 Å². The van der Waals surface area contributed by atoms with Crippen LogP contribution in [0.15, 0.2) is 23.0 Å². The van der Waals surface area contributed by atoms with Crippen LogP contribution >= 0.6 is 22.6 Å². The van der Waals surface area contributed by atoms with Crippen molar-refractivity contribution in [3.8, 4) is 0 Å². The number of halogens is 1. The van der Waals surface area contributed by atoms with Gasteiger partial charge in [-0.3, -0.25) is 24.0 Å². The molecule has 1 aromatic heterocycles. The molecule has 3 rings (SSSR count). The van der Waals surface area contributed by atoms with E-state index in [1.54, 1.807) is 7.05 Å². The first kappa shape index (κ1) is 13.3. The average molecular weight is 385 g/mol. The fraction of sp³-hybridized carbons (Fsp3) is 0.308. The number of imidazole rings is 1. The van der Waals surface area contributed by atoms with Crippen molar-refractivity contribution in [3.05, 3.63) is 32.3 Å². The highest BCUT2D eigenvalue weighted by Crippen LogP contribution is 2.23. The Kier molecular flexibility index (Phi) is 3.15. The largest absolute Gasteiger partial charge is 0.329 e. The lowest BCUT2D eigenvalue weighted by atomic mass is 10.1. The minimum atomic E-state index is -0.621. The lowest BCUT2D eigenvalue weighted by Crippen LogP contribution is -2.44. The van der Waals surface area contributed by atoms with E-state index < -0.39 is 11.9 Å². The van der Waals surface area contributed by atoms with Crippen molar-refractivity contribution in [1.82, 2.24) is 14.5 Å². The van der Waals surface area contributed by atoms with Gasteiger partial charge in [-0.2, -0.15) is 0 Å². The Morgan fingerprint density at radius 1 is 1.25 bits per heavy atom. The summed E-state index contributed by atoms with van der Waals surface area (Å²) < 4.78 is 4.03. The maximum absolute atomic E-state index is 12.4. The number of benzene rings is 1. The number of nitrogens with zero attached hydrogens (tertiary/aromatic N) is 2. The Bertz CT molecular complexity index is 790. The molecule has 2 aromatic rings. The van der Waals surface area contributed by atoms with E-state index in [1.165, 1.54) is 9.13 Å². The van der Waals surface area contributed by atoms with Crippen LogP contribution in [0, 0.1) is 3.57 Å². The van der Waals surface area contributed by atoms with E-state index in [9.17, 15) is 14.4 Å². The zero-order valence-electron chi connectivity index (χ0n) is 10.7. The number of fused-ring (bicyclic) bond motifs is 1. The van der Waals surface area contributed by atoms with Crippen molar-refractivity contribution in [2.45, 2.75) is 18.9 Å². The van der Waals surface area contributed by atoms with Crippen molar-refractivity contribution in [3.63, 3.8) is 0 Å². The number of nitrogens with one attached hydrogen (secondary N) is 1. The van der Waals surface area contributed by atoms with Gasteiger partial charge in [-0.15, -0.1) is 0 Å². The summed E-state index contributed by atoms with van der Waals surface area (Å²) in [6.45, 7) is 0. The van der Waals surface area contributed by atoms with Crippen molar-refractivity contribution in [1.29, 1.82) is 0 Å². The predicted molar refractivity (Wildman–Crippen MR) is 81.3 cm³/mol. The van der Waals surface area contributed by atoms with Gasteiger partial charge in [0.1, 0.15) is 6.04 Å². The Balaban J connectivity index is 2.21. The standard InChI is InChI=1S/C13H12IN3O3/c1-16-10-6-7(14)2-3-8(10)17(13(16)20)9-4-5-11(18)15-12(9)19/h2-3,6,9H,4-5H2,1H3,(H,15,18,19).